The predicted octanol–water partition coefficient (Wildman–Crippen LogP) is 8.41. The van der Waals surface area contributed by atoms with Gasteiger partial charge in [-0.05, 0) is 72.7 Å². The molecule has 0 atom stereocenters. The van der Waals surface area contributed by atoms with Crippen LogP contribution in [0.3, 0.4) is 0 Å². The fourth-order valence-corrected chi connectivity index (χ4v) is 3.97. The third-order valence-electron chi connectivity index (χ3n) is 4.50. The first-order valence-electron chi connectivity index (χ1n) is 10.2. The first-order valence-corrected chi connectivity index (χ1v) is 11.0. The van der Waals surface area contributed by atoms with Crippen LogP contribution < -0.4 is 0 Å². The van der Waals surface area contributed by atoms with Gasteiger partial charge in [0, 0.05) is 9.79 Å². The lowest BCUT2D eigenvalue weighted by atomic mass is 10.0. The summed E-state index contributed by atoms with van der Waals surface area (Å²) >= 11 is 1.85. The summed E-state index contributed by atoms with van der Waals surface area (Å²) in [5.74, 6) is 0. The van der Waals surface area contributed by atoms with E-state index in [2.05, 4.69) is 86.7 Å². The molecule has 0 bridgehead atoms. The third-order valence-corrected chi connectivity index (χ3v) is 5.48. The Morgan fingerprint density at radius 2 is 1.81 bits per heavy atom. The van der Waals surface area contributed by atoms with Gasteiger partial charge in [0.25, 0.3) is 0 Å². The van der Waals surface area contributed by atoms with Crippen LogP contribution in [0.15, 0.2) is 82.1 Å². The van der Waals surface area contributed by atoms with Crippen LogP contribution in [-0.2, 0) is 6.42 Å². The van der Waals surface area contributed by atoms with Crippen molar-refractivity contribution in [2.45, 2.75) is 63.2 Å². The van der Waals surface area contributed by atoms with Crippen LogP contribution in [0.5, 0.6) is 0 Å². The maximum Gasteiger partial charge on any atom is 0.0128 e. The van der Waals surface area contributed by atoms with E-state index in [0.29, 0.717) is 0 Å². The summed E-state index contributed by atoms with van der Waals surface area (Å²) in [6, 6.07) is 15.7. The van der Waals surface area contributed by atoms with Gasteiger partial charge in [0.05, 0.1) is 0 Å². The molecule has 0 fully saturated rings. The average Bonchev–Trinajstić information content (AvgIpc) is 3.21. The second-order valence-electron chi connectivity index (χ2n) is 6.57. The monoisotopic (exact) mass is 376 g/mol. The van der Waals surface area contributed by atoms with Gasteiger partial charge in [-0.3, -0.25) is 0 Å². The van der Waals surface area contributed by atoms with Crippen LogP contribution in [0.4, 0.5) is 0 Å². The van der Waals surface area contributed by atoms with Gasteiger partial charge >= 0.3 is 0 Å². The van der Waals surface area contributed by atoms with Crippen molar-refractivity contribution in [2.24, 2.45) is 0 Å². The van der Waals surface area contributed by atoms with Gasteiger partial charge in [-0.15, -0.1) is 0 Å². The fourth-order valence-electron chi connectivity index (χ4n) is 2.99. The molecule has 27 heavy (non-hydrogen) atoms. The maximum atomic E-state index is 2.33. The van der Waals surface area contributed by atoms with Gasteiger partial charge in [-0.1, -0.05) is 87.5 Å². The zero-order valence-electron chi connectivity index (χ0n) is 17.2. The van der Waals surface area contributed by atoms with E-state index in [1.165, 1.54) is 51.3 Å². The number of rotatable bonds is 7. The summed E-state index contributed by atoms with van der Waals surface area (Å²) in [7, 11) is 0. The van der Waals surface area contributed by atoms with Crippen LogP contribution in [0.2, 0.25) is 0 Å². The SMILES string of the molecule is CC.CCCCc1ccc(Sc2cccc(/C=C/C3=CC=CC3)c2)cc1C. The van der Waals surface area contributed by atoms with Gasteiger partial charge in [-0.25, -0.2) is 0 Å². The van der Waals surface area contributed by atoms with E-state index < -0.39 is 0 Å². The van der Waals surface area contributed by atoms with E-state index in [0.717, 1.165) is 6.42 Å². The molecule has 1 heteroatoms. The van der Waals surface area contributed by atoms with Crippen LogP contribution in [0, 0.1) is 6.92 Å². The number of hydrogen-bond donors (Lipinski definition) is 0. The second kappa shape index (κ2) is 11.7. The minimum Gasteiger partial charge on any atom is -0.0901 e. The molecule has 0 saturated heterocycles. The molecule has 0 saturated carbocycles. The Kier molecular flexibility index (Phi) is 9.21. The molecule has 1 aliphatic carbocycles. The summed E-state index contributed by atoms with van der Waals surface area (Å²) in [5.41, 5.74) is 5.53. The Morgan fingerprint density at radius 3 is 2.52 bits per heavy atom. The molecular formula is C26H32S. The Hall–Kier alpha value is -1.99. The smallest absolute Gasteiger partial charge is 0.0128 e. The number of unbranched alkanes of at least 4 members (excludes halogenated alkanes) is 1. The molecule has 2 aromatic rings. The van der Waals surface area contributed by atoms with Crippen LogP contribution in [-0.4, -0.2) is 0 Å². The highest BCUT2D eigenvalue weighted by atomic mass is 32.2. The van der Waals surface area contributed by atoms with E-state index >= 15 is 0 Å². The summed E-state index contributed by atoms with van der Waals surface area (Å²) < 4.78 is 0. The number of aryl methyl sites for hydroxylation is 2. The van der Waals surface area contributed by atoms with Crippen molar-refractivity contribution in [3.63, 3.8) is 0 Å². The van der Waals surface area contributed by atoms with Gasteiger partial charge in [0.15, 0.2) is 0 Å². The third kappa shape index (κ3) is 6.92. The van der Waals surface area contributed by atoms with Gasteiger partial charge in [0.1, 0.15) is 0 Å². The zero-order chi connectivity index (χ0) is 19.5. The molecule has 0 radical (unpaired) electrons. The minimum absolute atomic E-state index is 1.05. The summed E-state index contributed by atoms with van der Waals surface area (Å²) in [4.78, 5) is 2.61. The highest BCUT2D eigenvalue weighted by Crippen LogP contribution is 2.30. The van der Waals surface area contributed by atoms with Crippen molar-refractivity contribution in [1.82, 2.24) is 0 Å². The van der Waals surface area contributed by atoms with E-state index in [1.54, 1.807) is 0 Å². The van der Waals surface area contributed by atoms with Crippen molar-refractivity contribution in [2.75, 3.05) is 0 Å². The Balaban J connectivity index is 0.00000126. The average molecular weight is 377 g/mol. The standard InChI is InChI=1S/C24H26S.C2H6/c1-3-4-11-22-15-16-24(17-19(22)2)25-23-12-7-10-21(18-23)14-13-20-8-5-6-9-20;1-2/h5-8,10,12-18H,3-4,9,11H2,1-2H3;1-2H3/b14-13+;. The highest BCUT2D eigenvalue weighted by molar-refractivity contribution is 7.99. The largest absolute Gasteiger partial charge is 0.0901 e. The van der Waals surface area contributed by atoms with Crippen molar-refractivity contribution in [3.05, 3.63) is 89.0 Å². The summed E-state index contributed by atoms with van der Waals surface area (Å²) in [5, 5.41) is 0. The van der Waals surface area contributed by atoms with E-state index in [4.69, 9.17) is 0 Å². The molecule has 2 aromatic carbocycles. The molecule has 0 amide bonds. The predicted molar refractivity (Wildman–Crippen MR) is 123 cm³/mol. The molecule has 142 valence electrons. The van der Waals surface area contributed by atoms with Crippen LogP contribution >= 0.6 is 11.8 Å². The van der Waals surface area contributed by atoms with Gasteiger partial charge < -0.3 is 0 Å². The molecule has 1 aliphatic rings. The van der Waals surface area contributed by atoms with E-state index in [-0.39, 0.29) is 0 Å². The Bertz CT molecular complexity index is 809. The lowest BCUT2D eigenvalue weighted by Crippen LogP contribution is -1.89. The molecule has 0 aliphatic heterocycles. The van der Waals surface area contributed by atoms with E-state index in [9.17, 15) is 0 Å². The van der Waals surface area contributed by atoms with Crippen LogP contribution in [0.1, 0.15) is 56.7 Å². The molecule has 0 unspecified atom stereocenters. The topological polar surface area (TPSA) is 0 Å². The normalized spacial score (nSPS) is 12.8. The summed E-state index contributed by atoms with van der Waals surface area (Å²) in [6.07, 6.45) is 15.7. The van der Waals surface area contributed by atoms with Gasteiger partial charge in [-0.2, -0.15) is 0 Å². The molecule has 0 nitrogen and oxygen atoms in total. The first-order chi connectivity index (χ1) is 13.2. The number of benzene rings is 2. The first kappa shape index (κ1) is 21.3. The molecule has 0 N–H and O–H groups in total. The zero-order valence-corrected chi connectivity index (χ0v) is 18.0. The van der Waals surface area contributed by atoms with Crippen molar-refractivity contribution >= 4 is 17.8 Å². The van der Waals surface area contributed by atoms with Crippen LogP contribution in [0.25, 0.3) is 6.08 Å². The Labute approximate surface area is 170 Å². The van der Waals surface area contributed by atoms with Crippen molar-refractivity contribution in [1.29, 1.82) is 0 Å². The molecular weight excluding hydrogens is 344 g/mol. The molecule has 3 rings (SSSR count). The number of hydrogen-bond acceptors (Lipinski definition) is 1. The second-order valence-corrected chi connectivity index (χ2v) is 7.72. The molecule has 0 heterocycles. The minimum atomic E-state index is 1.05. The lowest BCUT2D eigenvalue weighted by molar-refractivity contribution is 0.790. The quantitative estimate of drug-likeness (QED) is 0.467. The maximum absolute atomic E-state index is 2.33. The number of allylic oxidation sites excluding steroid dienone is 5. The van der Waals surface area contributed by atoms with E-state index in [1.807, 2.05) is 25.6 Å². The Morgan fingerprint density at radius 1 is 1.00 bits per heavy atom. The van der Waals surface area contributed by atoms with Gasteiger partial charge in [0.2, 0.25) is 0 Å². The summed E-state index contributed by atoms with van der Waals surface area (Å²) in [6.45, 7) is 8.48. The molecule has 0 aromatic heterocycles. The molecule has 0 spiro atoms. The van der Waals surface area contributed by atoms with Crippen molar-refractivity contribution in [3.8, 4) is 0 Å². The van der Waals surface area contributed by atoms with Crippen molar-refractivity contribution < 1.29 is 0 Å². The highest BCUT2D eigenvalue weighted by Gasteiger charge is 2.03. The lowest BCUT2D eigenvalue weighted by Gasteiger charge is -2.08. The fraction of sp³-hybridized carbons (Fsp3) is 0.308.